The maximum absolute atomic E-state index is 11.5. The number of ether oxygens (including phenoxy) is 2. The lowest BCUT2D eigenvalue weighted by atomic mass is 10.2. The van der Waals surface area contributed by atoms with Crippen LogP contribution in [0.2, 0.25) is 0 Å². The van der Waals surface area contributed by atoms with E-state index >= 15 is 0 Å². The van der Waals surface area contributed by atoms with Gasteiger partial charge in [-0.15, -0.1) is 0 Å². The second kappa shape index (κ2) is 7.88. The molecule has 0 fully saturated rings. The van der Waals surface area contributed by atoms with E-state index in [9.17, 15) is 14.4 Å². The van der Waals surface area contributed by atoms with Crippen LogP contribution in [0.5, 0.6) is 0 Å². The number of alkyl carbamates (subject to hydrolysis) is 1. The van der Waals surface area contributed by atoms with Gasteiger partial charge in [-0.3, -0.25) is 4.79 Å². The lowest BCUT2D eigenvalue weighted by molar-refractivity contribution is -0.142. The first-order valence-corrected chi connectivity index (χ1v) is 6.30. The van der Waals surface area contributed by atoms with E-state index in [2.05, 4.69) is 15.4 Å². The smallest absolute Gasteiger partial charge is 0.408 e. The van der Waals surface area contributed by atoms with E-state index in [1.807, 2.05) is 0 Å². The minimum absolute atomic E-state index is 0.0210. The van der Waals surface area contributed by atoms with Crippen LogP contribution in [0.4, 0.5) is 10.5 Å². The number of rotatable bonds is 5. The highest BCUT2D eigenvalue weighted by molar-refractivity contribution is 5.88. The van der Waals surface area contributed by atoms with Gasteiger partial charge in [0.05, 0.1) is 7.11 Å². The Labute approximate surface area is 122 Å². The number of esters is 1. The summed E-state index contributed by atoms with van der Waals surface area (Å²) in [5.41, 5.74) is 1.33. The van der Waals surface area contributed by atoms with Crippen LogP contribution in [-0.2, 0) is 25.7 Å². The van der Waals surface area contributed by atoms with E-state index in [0.29, 0.717) is 11.3 Å². The van der Waals surface area contributed by atoms with Crippen LogP contribution in [0.25, 0.3) is 0 Å². The standard InChI is InChI=1S/C14H18N2O5/c1-9(13(18)20-3)15-14(19)21-8-11-5-4-6-12(7-11)16-10(2)17/h4-7,9H,8H2,1-3H3,(H,15,19)(H,16,17). The Balaban J connectivity index is 2.49. The first-order chi connectivity index (χ1) is 9.92. The summed E-state index contributed by atoms with van der Waals surface area (Å²) in [6.45, 7) is 2.92. The van der Waals surface area contributed by atoms with Gasteiger partial charge in [-0.25, -0.2) is 9.59 Å². The van der Waals surface area contributed by atoms with E-state index in [0.717, 1.165) is 0 Å². The van der Waals surface area contributed by atoms with Crippen LogP contribution < -0.4 is 10.6 Å². The first kappa shape index (κ1) is 16.5. The summed E-state index contributed by atoms with van der Waals surface area (Å²) < 4.78 is 9.46. The molecule has 114 valence electrons. The average molecular weight is 294 g/mol. The highest BCUT2D eigenvalue weighted by atomic mass is 16.6. The normalized spacial score (nSPS) is 11.2. The van der Waals surface area contributed by atoms with Crippen molar-refractivity contribution in [3.8, 4) is 0 Å². The molecule has 2 N–H and O–H groups in total. The minimum Gasteiger partial charge on any atom is -0.467 e. The van der Waals surface area contributed by atoms with Gasteiger partial charge in [-0.05, 0) is 24.6 Å². The Morgan fingerprint density at radius 1 is 1.29 bits per heavy atom. The van der Waals surface area contributed by atoms with Gasteiger partial charge in [0.15, 0.2) is 0 Å². The molecule has 0 aromatic heterocycles. The average Bonchev–Trinajstić information content (AvgIpc) is 2.43. The highest BCUT2D eigenvalue weighted by Crippen LogP contribution is 2.11. The van der Waals surface area contributed by atoms with E-state index in [4.69, 9.17) is 4.74 Å². The second-order valence-electron chi connectivity index (χ2n) is 4.35. The summed E-state index contributed by atoms with van der Waals surface area (Å²) in [5.74, 6) is -0.739. The predicted octanol–water partition coefficient (Wildman–Crippen LogP) is 1.43. The molecule has 0 bridgehead atoms. The van der Waals surface area contributed by atoms with Crippen molar-refractivity contribution in [2.24, 2.45) is 0 Å². The molecular weight excluding hydrogens is 276 g/mol. The Hall–Kier alpha value is -2.57. The number of amides is 2. The zero-order valence-electron chi connectivity index (χ0n) is 12.1. The Bertz CT molecular complexity index is 530. The number of hydrogen-bond acceptors (Lipinski definition) is 5. The van der Waals surface area contributed by atoms with Crippen molar-refractivity contribution in [3.63, 3.8) is 0 Å². The summed E-state index contributed by atoms with van der Waals surface area (Å²) in [5, 5.41) is 4.97. The summed E-state index contributed by atoms with van der Waals surface area (Å²) in [6.07, 6.45) is -0.724. The van der Waals surface area contributed by atoms with Crippen LogP contribution in [0.3, 0.4) is 0 Å². The largest absolute Gasteiger partial charge is 0.467 e. The summed E-state index contributed by atoms with van der Waals surface area (Å²) in [6, 6.07) is 6.12. The SMILES string of the molecule is COC(=O)C(C)NC(=O)OCc1cccc(NC(C)=O)c1. The zero-order valence-corrected chi connectivity index (χ0v) is 12.1. The Morgan fingerprint density at radius 2 is 2.00 bits per heavy atom. The molecule has 1 rings (SSSR count). The molecule has 1 unspecified atom stereocenters. The molecule has 1 atom stereocenters. The topological polar surface area (TPSA) is 93.7 Å². The number of methoxy groups -OCH3 is 1. The van der Waals surface area contributed by atoms with E-state index < -0.39 is 18.1 Å². The van der Waals surface area contributed by atoms with Gasteiger partial charge in [0.1, 0.15) is 12.6 Å². The van der Waals surface area contributed by atoms with Crippen molar-refractivity contribution in [3.05, 3.63) is 29.8 Å². The molecule has 1 aromatic rings. The highest BCUT2D eigenvalue weighted by Gasteiger charge is 2.16. The minimum atomic E-state index is -0.784. The first-order valence-electron chi connectivity index (χ1n) is 6.30. The molecule has 7 heteroatoms. The molecule has 0 aliphatic rings. The Kier molecular flexibility index (Phi) is 6.19. The molecule has 0 radical (unpaired) electrons. The monoisotopic (exact) mass is 294 g/mol. The molecule has 21 heavy (non-hydrogen) atoms. The number of nitrogens with one attached hydrogen (secondary N) is 2. The van der Waals surface area contributed by atoms with Gasteiger partial charge in [-0.1, -0.05) is 12.1 Å². The van der Waals surface area contributed by atoms with Crippen LogP contribution in [0.15, 0.2) is 24.3 Å². The second-order valence-corrected chi connectivity index (χ2v) is 4.35. The van der Waals surface area contributed by atoms with E-state index in [1.54, 1.807) is 24.3 Å². The third kappa shape index (κ3) is 5.94. The molecule has 0 spiro atoms. The van der Waals surface area contributed by atoms with Crippen LogP contribution in [0, 0.1) is 0 Å². The summed E-state index contributed by atoms with van der Waals surface area (Å²) >= 11 is 0. The number of anilines is 1. The zero-order chi connectivity index (χ0) is 15.8. The lowest BCUT2D eigenvalue weighted by Crippen LogP contribution is -2.39. The van der Waals surface area contributed by atoms with Crippen molar-refractivity contribution in [1.29, 1.82) is 0 Å². The predicted molar refractivity (Wildman–Crippen MR) is 75.5 cm³/mol. The maximum Gasteiger partial charge on any atom is 0.408 e. The number of carbonyl (C=O) groups excluding carboxylic acids is 3. The molecule has 2 amide bonds. The van der Waals surface area contributed by atoms with Gasteiger partial charge in [0, 0.05) is 12.6 Å². The summed E-state index contributed by atoms with van der Waals surface area (Å²) in [7, 11) is 1.24. The van der Waals surface area contributed by atoms with Crippen molar-refractivity contribution in [2.45, 2.75) is 26.5 Å². The van der Waals surface area contributed by atoms with Crippen LogP contribution in [-0.4, -0.2) is 31.1 Å². The molecule has 7 nitrogen and oxygen atoms in total. The third-order valence-electron chi connectivity index (χ3n) is 2.51. The maximum atomic E-state index is 11.5. The fourth-order valence-corrected chi connectivity index (χ4v) is 1.55. The number of carbonyl (C=O) groups is 3. The Morgan fingerprint density at radius 3 is 2.62 bits per heavy atom. The van der Waals surface area contributed by atoms with Crippen LogP contribution >= 0.6 is 0 Å². The molecule has 0 saturated carbocycles. The quantitative estimate of drug-likeness (QED) is 0.801. The third-order valence-corrected chi connectivity index (χ3v) is 2.51. The van der Waals surface area contributed by atoms with E-state index in [-0.39, 0.29) is 12.5 Å². The molecule has 0 aliphatic carbocycles. The lowest BCUT2D eigenvalue weighted by Gasteiger charge is -2.12. The van der Waals surface area contributed by atoms with Gasteiger partial charge in [-0.2, -0.15) is 0 Å². The van der Waals surface area contributed by atoms with Gasteiger partial charge < -0.3 is 20.1 Å². The molecule has 1 aromatic carbocycles. The number of hydrogen-bond donors (Lipinski definition) is 2. The van der Waals surface area contributed by atoms with E-state index in [1.165, 1.54) is 21.0 Å². The summed E-state index contributed by atoms with van der Waals surface area (Å²) in [4.78, 5) is 33.6. The van der Waals surface area contributed by atoms with Crippen molar-refractivity contribution in [1.82, 2.24) is 5.32 Å². The fraction of sp³-hybridized carbons (Fsp3) is 0.357. The van der Waals surface area contributed by atoms with Gasteiger partial charge in [0.25, 0.3) is 0 Å². The molecule has 0 saturated heterocycles. The van der Waals surface area contributed by atoms with Gasteiger partial charge >= 0.3 is 12.1 Å². The van der Waals surface area contributed by atoms with Crippen molar-refractivity contribution < 1.29 is 23.9 Å². The van der Waals surface area contributed by atoms with Crippen molar-refractivity contribution in [2.75, 3.05) is 12.4 Å². The van der Waals surface area contributed by atoms with Crippen LogP contribution in [0.1, 0.15) is 19.4 Å². The molecule has 0 aliphatic heterocycles. The molecule has 0 heterocycles. The van der Waals surface area contributed by atoms with Crippen molar-refractivity contribution >= 4 is 23.7 Å². The van der Waals surface area contributed by atoms with Gasteiger partial charge in [0.2, 0.25) is 5.91 Å². The fourth-order valence-electron chi connectivity index (χ4n) is 1.55. The number of benzene rings is 1. The molecular formula is C14H18N2O5.